The highest BCUT2D eigenvalue weighted by Gasteiger charge is 2.41. The van der Waals surface area contributed by atoms with Crippen LogP contribution in [0.15, 0.2) is 83.9 Å². The Balaban J connectivity index is 1.28. The van der Waals surface area contributed by atoms with E-state index in [1.807, 2.05) is 0 Å². The summed E-state index contributed by atoms with van der Waals surface area (Å²) >= 11 is 9.21. The van der Waals surface area contributed by atoms with E-state index in [0.29, 0.717) is 28.9 Å². The number of aliphatic hydroxyl groups is 1. The van der Waals surface area contributed by atoms with Crippen molar-refractivity contribution in [3.63, 3.8) is 0 Å². The number of amides is 9. The lowest BCUT2D eigenvalue weighted by molar-refractivity contribution is -0.142. The average molecular weight is 1220 g/mol. The third-order valence-corrected chi connectivity index (χ3v) is 15.8. The molecule has 17 N–H and O–H groups in total. The third kappa shape index (κ3) is 21.8. The largest absolute Gasteiger partial charge is 0.508 e. The van der Waals surface area contributed by atoms with Crippen molar-refractivity contribution >= 4 is 84.4 Å². The molecular formula is C58H83N13O12S2. The Labute approximate surface area is 505 Å². The van der Waals surface area contributed by atoms with Crippen LogP contribution in [-0.2, 0) is 62.4 Å². The quantitative estimate of drug-likeness (QED) is 0.0155. The summed E-state index contributed by atoms with van der Waals surface area (Å²) in [5.74, 6) is -6.82. The molecular weight excluding hydrogens is 1130 g/mol. The normalized spacial score (nSPS) is 17.3. The molecule has 25 nitrogen and oxygen atoms in total. The Bertz CT molecular complexity index is 2770. The first-order valence-electron chi connectivity index (χ1n) is 28.5. The second kappa shape index (κ2) is 33.8. The lowest BCUT2D eigenvalue weighted by atomic mass is 9.85. The zero-order valence-electron chi connectivity index (χ0n) is 48.0. The summed E-state index contributed by atoms with van der Waals surface area (Å²) in [7, 11) is 1.52. The molecule has 27 heteroatoms. The number of benzene rings is 3. The van der Waals surface area contributed by atoms with Gasteiger partial charge in [-0.05, 0) is 99.4 Å². The molecule has 0 radical (unpaired) electrons. The number of methoxy groups -OCH3 is 1. The van der Waals surface area contributed by atoms with Crippen molar-refractivity contribution in [2.24, 2.45) is 27.9 Å². The zero-order chi connectivity index (χ0) is 62.2. The van der Waals surface area contributed by atoms with Gasteiger partial charge in [-0.2, -0.15) is 25.3 Å². The molecule has 3 aromatic carbocycles. The lowest BCUT2D eigenvalue weighted by Gasteiger charge is -2.32. The number of carbonyl (C=O) groups excluding carboxylic acids is 9. The standard InChI is InChI=1S/C58H83N13O12S2/c1-34(72)48(70-53(79)44(30-35-11-5-3-6-12-35)68-52(78)43(31-37-17-21-39(83-2)22-18-37)64-47(74)32-58(85)24-7-4-8-25-58)55(81)66-41(23-26-59)51(77)69-45(33-84)56(82)71-28-10-14-46(71)54(80)65-40(13-9-27-63-57(61)62)50(76)67-42(49(60)75)29-36-15-19-38(73)20-16-36/h3,5-6,11-12,15-22,34,40-46,48,72-73,84-85H,4,7-10,13-14,23-33,59H2,1-2H3,(H2,60,75)(H,64,74)(H,65,80)(H,66,81)(H,67,76)(H,68,78)(H,69,77)(H,70,79)(H4,61,62,63)/t34-,40+,41+,42+,43+,44+,45+,46+,48+/m1/s1. The number of thiol groups is 2. The van der Waals surface area contributed by atoms with Gasteiger partial charge >= 0.3 is 0 Å². The lowest BCUT2D eigenvalue weighted by Crippen LogP contribution is -2.62. The van der Waals surface area contributed by atoms with Crippen molar-refractivity contribution in [2.45, 2.75) is 156 Å². The molecule has 5 rings (SSSR count). The molecule has 0 unspecified atom stereocenters. The van der Waals surface area contributed by atoms with Gasteiger partial charge in [-0.25, -0.2) is 0 Å². The van der Waals surface area contributed by atoms with Crippen LogP contribution in [0, 0.1) is 0 Å². The number of aliphatic imine (C=N–C) groups is 1. The van der Waals surface area contributed by atoms with E-state index < -0.39 is 112 Å². The predicted octanol–water partition coefficient (Wildman–Crippen LogP) is -0.966. The zero-order valence-corrected chi connectivity index (χ0v) is 49.8. The minimum absolute atomic E-state index is 0.00125. The molecule has 1 saturated heterocycles. The molecule has 2 fully saturated rings. The van der Waals surface area contributed by atoms with E-state index in [0.717, 1.165) is 32.1 Å². The number of likely N-dealkylation sites (tertiary alicyclic amines) is 1. The van der Waals surface area contributed by atoms with Crippen molar-refractivity contribution < 1.29 is 58.1 Å². The minimum Gasteiger partial charge on any atom is -0.508 e. The maximum absolute atomic E-state index is 14.4. The van der Waals surface area contributed by atoms with Gasteiger partial charge in [-0.3, -0.25) is 48.1 Å². The number of hydrogen-bond acceptors (Lipinski definition) is 16. The first-order valence-corrected chi connectivity index (χ1v) is 29.5. The van der Waals surface area contributed by atoms with E-state index >= 15 is 0 Å². The van der Waals surface area contributed by atoms with Crippen LogP contribution < -0.4 is 64.9 Å². The first-order chi connectivity index (χ1) is 40.5. The molecule has 0 aromatic heterocycles. The van der Waals surface area contributed by atoms with Gasteiger partial charge in [-0.1, -0.05) is 73.9 Å². The maximum atomic E-state index is 14.4. The first kappa shape index (κ1) is 68.2. The summed E-state index contributed by atoms with van der Waals surface area (Å²) in [4.78, 5) is 131. The van der Waals surface area contributed by atoms with Crippen LogP contribution in [0.3, 0.4) is 0 Å². The van der Waals surface area contributed by atoms with Crippen LogP contribution in [0.5, 0.6) is 11.5 Å². The number of carbonyl (C=O) groups is 9. The van der Waals surface area contributed by atoms with E-state index in [1.165, 1.54) is 31.1 Å². The molecule has 1 aliphatic heterocycles. The monoisotopic (exact) mass is 1220 g/mol. The van der Waals surface area contributed by atoms with Crippen LogP contribution in [0.4, 0.5) is 0 Å². The third-order valence-electron chi connectivity index (χ3n) is 14.8. The highest BCUT2D eigenvalue weighted by Crippen LogP contribution is 2.36. The number of phenolic OH excluding ortho intramolecular Hbond substituents is 1. The van der Waals surface area contributed by atoms with Crippen LogP contribution in [0.2, 0.25) is 0 Å². The van der Waals surface area contributed by atoms with Crippen LogP contribution in [0.1, 0.15) is 94.2 Å². The Hall–Kier alpha value is -7.62. The van der Waals surface area contributed by atoms with Gasteiger partial charge in [0.15, 0.2) is 5.96 Å². The molecule has 2 aliphatic rings. The van der Waals surface area contributed by atoms with Crippen LogP contribution in [-0.4, -0.2) is 166 Å². The highest BCUT2D eigenvalue weighted by atomic mass is 32.1. The molecule has 464 valence electrons. The van der Waals surface area contributed by atoms with Gasteiger partial charge in [0.2, 0.25) is 53.2 Å². The van der Waals surface area contributed by atoms with Gasteiger partial charge in [0.25, 0.3) is 0 Å². The van der Waals surface area contributed by atoms with Crippen molar-refractivity contribution in [1.82, 2.24) is 42.1 Å². The number of hydrogen-bond donors (Lipinski definition) is 15. The second-order valence-corrected chi connectivity index (χ2v) is 22.8. The van der Waals surface area contributed by atoms with Crippen LogP contribution >= 0.6 is 25.3 Å². The van der Waals surface area contributed by atoms with Gasteiger partial charge in [0.1, 0.15) is 59.8 Å². The van der Waals surface area contributed by atoms with Crippen molar-refractivity contribution in [3.8, 4) is 11.5 Å². The minimum atomic E-state index is -1.71. The molecule has 85 heavy (non-hydrogen) atoms. The summed E-state index contributed by atoms with van der Waals surface area (Å²) in [5.41, 5.74) is 24.4. The van der Waals surface area contributed by atoms with Gasteiger partial charge < -0.3 is 80.0 Å². The molecule has 1 saturated carbocycles. The topological polar surface area (TPSA) is 407 Å². The summed E-state index contributed by atoms with van der Waals surface area (Å²) in [5, 5.41) is 39.4. The van der Waals surface area contributed by atoms with E-state index in [2.05, 4.69) is 54.8 Å². The van der Waals surface area contributed by atoms with Gasteiger partial charge in [0, 0.05) is 49.3 Å². The molecule has 0 bridgehead atoms. The highest BCUT2D eigenvalue weighted by molar-refractivity contribution is 7.81. The number of primary amides is 1. The number of nitrogens with two attached hydrogens (primary N) is 4. The van der Waals surface area contributed by atoms with E-state index in [4.69, 9.17) is 40.3 Å². The summed E-state index contributed by atoms with van der Waals surface area (Å²) in [6.07, 6.45) is 3.33. The number of rotatable bonds is 32. The molecule has 9 amide bonds. The maximum Gasteiger partial charge on any atom is 0.246 e. The van der Waals surface area contributed by atoms with E-state index in [1.54, 1.807) is 66.7 Å². The smallest absolute Gasteiger partial charge is 0.246 e. The molecule has 1 aliphatic carbocycles. The molecule has 9 atom stereocenters. The Morgan fingerprint density at radius 3 is 1.78 bits per heavy atom. The summed E-state index contributed by atoms with van der Waals surface area (Å²) in [6.45, 7) is 1.26. The number of guanidine groups is 1. The van der Waals surface area contributed by atoms with E-state index in [-0.39, 0.29) is 88.5 Å². The van der Waals surface area contributed by atoms with Crippen molar-refractivity contribution in [2.75, 3.05) is 32.5 Å². The van der Waals surface area contributed by atoms with Crippen LogP contribution in [0.25, 0.3) is 0 Å². The molecule has 3 aromatic rings. The number of aromatic hydroxyl groups is 1. The fraction of sp³-hybridized carbons (Fsp3) is 0.517. The van der Waals surface area contributed by atoms with Gasteiger partial charge in [-0.15, -0.1) is 0 Å². The summed E-state index contributed by atoms with van der Waals surface area (Å²) < 4.78 is 4.76. The number of aliphatic hydroxyl groups excluding tert-OH is 1. The Morgan fingerprint density at radius 2 is 1.20 bits per heavy atom. The number of ether oxygens (including phenoxy) is 1. The average Bonchev–Trinajstić information content (AvgIpc) is 4.24. The van der Waals surface area contributed by atoms with Gasteiger partial charge in [0.05, 0.1) is 13.2 Å². The number of nitrogens with one attached hydrogen (secondary N) is 7. The fourth-order valence-corrected chi connectivity index (χ4v) is 10.9. The molecule has 0 spiro atoms. The summed E-state index contributed by atoms with van der Waals surface area (Å²) in [6, 6.07) is 10.9. The fourth-order valence-electron chi connectivity index (χ4n) is 10.2. The van der Waals surface area contributed by atoms with Crippen molar-refractivity contribution in [1.29, 1.82) is 0 Å². The van der Waals surface area contributed by atoms with Crippen molar-refractivity contribution in [3.05, 3.63) is 95.6 Å². The Morgan fingerprint density at radius 1 is 0.671 bits per heavy atom. The molecule has 1 heterocycles. The number of phenols is 1. The SMILES string of the molecule is COc1ccc(C[C@H](NC(=O)CC2(S)CCCCC2)C(=O)N[C@@H](Cc2ccccc2)C(=O)N[C@H](C(=O)N[C@@H](CCN)C(=O)N[C@@H](CS)C(=O)N2CCC[C@H]2C(=O)N[C@@H](CCCN=C(N)N)C(=O)N[C@@H](Cc2ccc(O)cc2)C(N)=O)[C@@H](C)O)cc1. The number of nitrogens with zero attached hydrogens (tertiary/aromatic N) is 2. The predicted molar refractivity (Wildman–Crippen MR) is 325 cm³/mol. The second-order valence-electron chi connectivity index (χ2n) is 21.5. The van der Waals surface area contributed by atoms with E-state index in [9.17, 15) is 53.4 Å². The Kier molecular flexibility index (Phi) is 27.1.